The second-order valence-electron chi connectivity index (χ2n) is 4.26. The van der Waals surface area contributed by atoms with Gasteiger partial charge in [0.1, 0.15) is 6.04 Å². The van der Waals surface area contributed by atoms with Crippen molar-refractivity contribution in [3.8, 4) is 0 Å². The van der Waals surface area contributed by atoms with Gasteiger partial charge in [-0.25, -0.2) is 4.79 Å². The fraction of sp³-hybridized carbons (Fsp3) is 0.833. The molecule has 1 unspecified atom stereocenters. The Hall–Kier alpha value is -1.30. The summed E-state index contributed by atoms with van der Waals surface area (Å²) in [6.45, 7) is 6.34. The van der Waals surface area contributed by atoms with Gasteiger partial charge in [0.05, 0.1) is 13.2 Å². The van der Waals surface area contributed by atoms with Crippen LogP contribution in [0, 0.1) is 0 Å². The lowest BCUT2D eigenvalue weighted by molar-refractivity contribution is -0.130. The quantitative estimate of drug-likeness (QED) is 0.697. The Morgan fingerprint density at radius 3 is 2.78 bits per heavy atom. The highest BCUT2D eigenvalue weighted by Crippen LogP contribution is 2.07. The van der Waals surface area contributed by atoms with E-state index < -0.39 is 6.04 Å². The van der Waals surface area contributed by atoms with Gasteiger partial charge in [-0.2, -0.15) is 0 Å². The molecular weight excluding hydrogens is 234 g/mol. The van der Waals surface area contributed by atoms with Crippen molar-refractivity contribution in [3.63, 3.8) is 0 Å². The van der Waals surface area contributed by atoms with Crippen LogP contribution in [-0.2, 0) is 9.53 Å². The molecule has 1 saturated heterocycles. The summed E-state index contributed by atoms with van der Waals surface area (Å²) in [5.74, 6) is -0.150. The molecule has 0 radical (unpaired) electrons. The van der Waals surface area contributed by atoms with Crippen LogP contribution in [0.15, 0.2) is 0 Å². The monoisotopic (exact) mass is 257 g/mol. The molecule has 1 atom stereocenters. The molecule has 1 aliphatic heterocycles. The smallest absolute Gasteiger partial charge is 0.318 e. The Balaban J connectivity index is 2.52. The van der Waals surface area contributed by atoms with E-state index >= 15 is 0 Å². The summed E-state index contributed by atoms with van der Waals surface area (Å²) < 4.78 is 5.27. The zero-order chi connectivity index (χ0) is 13.4. The average Bonchev–Trinajstić information content (AvgIpc) is 2.39. The SMILES string of the molecule is CCCCNC(=O)N1CCOCC1C(=O)NCC. The van der Waals surface area contributed by atoms with E-state index in [4.69, 9.17) is 4.74 Å². The normalized spacial score (nSPS) is 19.4. The molecule has 6 heteroatoms. The number of rotatable bonds is 5. The largest absolute Gasteiger partial charge is 0.377 e. The fourth-order valence-electron chi connectivity index (χ4n) is 1.83. The van der Waals surface area contributed by atoms with Crippen molar-refractivity contribution in [1.29, 1.82) is 0 Å². The summed E-state index contributed by atoms with van der Waals surface area (Å²) in [6.07, 6.45) is 1.98. The lowest BCUT2D eigenvalue weighted by Gasteiger charge is -2.34. The molecule has 6 nitrogen and oxygen atoms in total. The van der Waals surface area contributed by atoms with E-state index in [1.165, 1.54) is 0 Å². The number of nitrogens with one attached hydrogen (secondary N) is 2. The van der Waals surface area contributed by atoms with Gasteiger partial charge in [0.25, 0.3) is 0 Å². The third-order valence-corrected chi connectivity index (χ3v) is 2.85. The average molecular weight is 257 g/mol. The number of amides is 3. The maximum absolute atomic E-state index is 12.0. The number of hydrogen-bond donors (Lipinski definition) is 2. The Kier molecular flexibility index (Phi) is 6.49. The first-order valence-corrected chi connectivity index (χ1v) is 6.60. The molecule has 1 rings (SSSR count). The molecule has 0 aromatic carbocycles. The van der Waals surface area contributed by atoms with E-state index in [1.54, 1.807) is 4.90 Å². The van der Waals surface area contributed by atoms with Gasteiger partial charge in [-0.1, -0.05) is 13.3 Å². The van der Waals surface area contributed by atoms with Crippen LogP contribution in [0.25, 0.3) is 0 Å². The first-order valence-electron chi connectivity index (χ1n) is 6.60. The van der Waals surface area contributed by atoms with Crippen molar-refractivity contribution >= 4 is 11.9 Å². The number of nitrogens with zero attached hydrogens (tertiary/aromatic N) is 1. The molecule has 1 fully saturated rings. The highest BCUT2D eigenvalue weighted by molar-refractivity contribution is 5.87. The molecule has 3 amide bonds. The van der Waals surface area contributed by atoms with Crippen molar-refractivity contribution in [3.05, 3.63) is 0 Å². The fourth-order valence-corrected chi connectivity index (χ4v) is 1.83. The molecule has 0 spiro atoms. The molecule has 2 N–H and O–H groups in total. The van der Waals surface area contributed by atoms with Gasteiger partial charge in [0.15, 0.2) is 0 Å². The van der Waals surface area contributed by atoms with Crippen LogP contribution in [0.5, 0.6) is 0 Å². The molecular formula is C12H23N3O3. The summed E-state index contributed by atoms with van der Waals surface area (Å²) in [6, 6.07) is -0.691. The van der Waals surface area contributed by atoms with Crippen LogP contribution in [0.1, 0.15) is 26.7 Å². The summed E-state index contributed by atoms with van der Waals surface area (Å²) in [7, 11) is 0. The maximum atomic E-state index is 12.0. The summed E-state index contributed by atoms with van der Waals surface area (Å²) >= 11 is 0. The number of hydrogen-bond acceptors (Lipinski definition) is 3. The lowest BCUT2D eigenvalue weighted by Crippen LogP contribution is -2.58. The molecule has 1 aliphatic rings. The first-order chi connectivity index (χ1) is 8.70. The summed E-state index contributed by atoms with van der Waals surface area (Å²) in [5, 5.41) is 5.56. The van der Waals surface area contributed by atoms with Crippen LogP contribution in [0.4, 0.5) is 4.79 Å². The number of unbranched alkanes of at least 4 members (excludes halogenated alkanes) is 1. The van der Waals surface area contributed by atoms with Gasteiger partial charge in [-0.05, 0) is 13.3 Å². The Morgan fingerprint density at radius 2 is 2.11 bits per heavy atom. The lowest BCUT2D eigenvalue weighted by atomic mass is 10.2. The molecule has 0 bridgehead atoms. The Morgan fingerprint density at radius 1 is 1.33 bits per heavy atom. The van der Waals surface area contributed by atoms with Crippen LogP contribution in [0.2, 0.25) is 0 Å². The van der Waals surface area contributed by atoms with Gasteiger partial charge in [0, 0.05) is 19.6 Å². The van der Waals surface area contributed by atoms with Gasteiger partial charge in [-0.15, -0.1) is 0 Å². The molecule has 18 heavy (non-hydrogen) atoms. The second kappa shape index (κ2) is 7.92. The van der Waals surface area contributed by atoms with Crippen molar-refractivity contribution in [2.45, 2.75) is 32.7 Å². The summed E-state index contributed by atoms with van der Waals surface area (Å²) in [4.78, 5) is 25.4. The standard InChI is InChI=1S/C12H23N3O3/c1-3-5-6-14-12(17)15-7-8-18-9-10(15)11(16)13-4-2/h10H,3-9H2,1-2H3,(H,13,16)(H,14,17). The van der Waals surface area contributed by atoms with Crippen LogP contribution >= 0.6 is 0 Å². The van der Waals surface area contributed by atoms with Crippen molar-refractivity contribution in [1.82, 2.24) is 15.5 Å². The van der Waals surface area contributed by atoms with Crippen molar-refractivity contribution < 1.29 is 14.3 Å². The first kappa shape index (κ1) is 14.8. The maximum Gasteiger partial charge on any atom is 0.318 e. The number of morpholine rings is 1. The zero-order valence-electron chi connectivity index (χ0n) is 11.2. The number of ether oxygens (including phenoxy) is 1. The van der Waals surface area contributed by atoms with Crippen LogP contribution in [0.3, 0.4) is 0 Å². The second-order valence-corrected chi connectivity index (χ2v) is 4.26. The summed E-state index contributed by atoms with van der Waals surface area (Å²) in [5.41, 5.74) is 0. The number of likely N-dealkylation sites (N-methyl/N-ethyl adjacent to an activating group) is 1. The molecule has 0 aromatic rings. The number of urea groups is 1. The van der Waals surface area contributed by atoms with E-state index in [2.05, 4.69) is 17.6 Å². The van der Waals surface area contributed by atoms with Crippen molar-refractivity contribution in [2.24, 2.45) is 0 Å². The van der Waals surface area contributed by atoms with Crippen LogP contribution in [-0.4, -0.2) is 55.7 Å². The minimum absolute atomic E-state index is 0.150. The molecule has 0 saturated carbocycles. The minimum atomic E-state index is -0.514. The van der Waals surface area contributed by atoms with Crippen LogP contribution < -0.4 is 10.6 Å². The minimum Gasteiger partial charge on any atom is -0.377 e. The van der Waals surface area contributed by atoms with E-state index in [-0.39, 0.29) is 18.5 Å². The molecule has 1 heterocycles. The number of carbonyl (C=O) groups is 2. The predicted molar refractivity (Wildman–Crippen MR) is 68.3 cm³/mol. The third kappa shape index (κ3) is 4.18. The zero-order valence-corrected chi connectivity index (χ0v) is 11.2. The molecule has 104 valence electrons. The Bertz CT molecular complexity index is 284. The van der Waals surface area contributed by atoms with E-state index in [0.717, 1.165) is 12.8 Å². The van der Waals surface area contributed by atoms with Crippen molar-refractivity contribution in [2.75, 3.05) is 32.8 Å². The molecule has 0 aromatic heterocycles. The van der Waals surface area contributed by atoms with Gasteiger partial charge in [-0.3, -0.25) is 4.79 Å². The topological polar surface area (TPSA) is 70.7 Å². The van der Waals surface area contributed by atoms with E-state index in [9.17, 15) is 9.59 Å². The predicted octanol–water partition coefficient (Wildman–Crippen LogP) is 0.333. The molecule has 0 aliphatic carbocycles. The van der Waals surface area contributed by atoms with Gasteiger partial charge < -0.3 is 20.3 Å². The van der Waals surface area contributed by atoms with E-state index in [1.807, 2.05) is 6.92 Å². The highest BCUT2D eigenvalue weighted by Gasteiger charge is 2.32. The number of carbonyl (C=O) groups excluding carboxylic acids is 2. The Labute approximate surface area is 108 Å². The highest BCUT2D eigenvalue weighted by atomic mass is 16.5. The third-order valence-electron chi connectivity index (χ3n) is 2.85. The van der Waals surface area contributed by atoms with E-state index in [0.29, 0.717) is 26.2 Å². The van der Waals surface area contributed by atoms with Gasteiger partial charge in [0.2, 0.25) is 5.91 Å². The van der Waals surface area contributed by atoms with Gasteiger partial charge >= 0.3 is 6.03 Å².